The molecule has 1 aliphatic carbocycles. The number of benzene rings is 1. The van der Waals surface area contributed by atoms with E-state index in [9.17, 15) is 0 Å². The van der Waals surface area contributed by atoms with Crippen molar-refractivity contribution in [3.05, 3.63) is 34.2 Å². The molecule has 0 spiro atoms. The summed E-state index contributed by atoms with van der Waals surface area (Å²) in [6.45, 7) is 0. The molecule has 0 aliphatic heterocycles. The van der Waals surface area contributed by atoms with Crippen molar-refractivity contribution in [3.8, 4) is 16.3 Å². The number of nitrogens with zero attached hydrogens (tertiary/aromatic N) is 1. The minimum absolute atomic E-state index is 0.458. The van der Waals surface area contributed by atoms with Crippen LogP contribution in [0.1, 0.15) is 12.8 Å². The van der Waals surface area contributed by atoms with Gasteiger partial charge in [-0.25, -0.2) is 4.98 Å². The number of halogens is 1. The molecule has 1 heterocycles. The van der Waals surface area contributed by atoms with Crippen LogP contribution in [0.4, 0.5) is 0 Å². The summed E-state index contributed by atoms with van der Waals surface area (Å²) >= 11 is 5.00. The molecular weight excluding hydrogens is 286 g/mol. The molecule has 0 saturated heterocycles. The van der Waals surface area contributed by atoms with Gasteiger partial charge in [-0.3, -0.25) is 0 Å². The topological polar surface area (TPSA) is 22.1 Å². The molecule has 0 N–H and O–H groups in total. The lowest BCUT2D eigenvalue weighted by Gasteiger charge is -2.04. The highest BCUT2D eigenvalue weighted by Crippen LogP contribution is 2.30. The van der Waals surface area contributed by atoms with Crippen LogP contribution in [0.2, 0.25) is 0 Å². The van der Waals surface area contributed by atoms with Gasteiger partial charge in [0.05, 0.1) is 6.10 Å². The van der Waals surface area contributed by atoms with Crippen LogP contribution in [-0.2, 0) is 0 Å². The van der Waals surface area contributed by atoms with Crippen molar-refractivity contribution in [2.75, 3.05) is 0 Å². The van der Waals surface area contributed by atoms with Crippen molar-refractivity contribution in [3.63, 3.8) is 0 Å². The lowest BCUT2D eigenvalue weighted by atomic mass is 10.2. The summed E-state index contributed by atoms with van der Waals surface area (Å²) in [4.78, 5) is 4.38. The third-order valence-electron chi connectivity index (χ3n) is 2.40. The molecule has 2 nitrogen and oxygen atoms in total. The van der Waals surface area contributed by atoms with Crippen LogP contribution in [0.15, 0.2) is 34.2 Å². The number of aromatic nitrogens is 1. The van der Waals surface area contributed by atoms with E-state index in [2.05, 4.69) is 33.0 Å². The van der Waals surface area contributed by atoms with E-state index in [1.165, 1.54) is 12.8 Å². The standard InChI is InChI=1S/C12H10BrNOS/c13-11-7-16-12(14-11)8-1-3-9(4-2-8)15-10-5-6-10/h1-4,7,10H,5-6H2. The average Bonchev–Trinajstić information content (AvgIpc) is 3.00. The molecule has 1 aliphatic rings. The van der Waals surface area contributed by atoms with Crippen molar-refractivity contribution in [1.82, 2.24) is 4.98 Å². The molecule has 0 atom stereocenters. The maximum Gasteiger partial charge on any atom is 0.124 e. The van der Waals surface area contributed by atoms with Gasteiger partial charge in [0.25, 0.3) is 0 Å². The van der Waals surface area contributed by atoms with Crippen LogP contribution in [-0.4, -0.2) is 11.1 Å². The third-order valence-corrected chi connectivity index (χ3v) is 4.01. The Morgan fingerprint density at radius 2 is 2.00 bits per heavy atom. The molecule has 2 aromatic rings. The highest BCUT2D eigenvalue weighted by molar-refractivity contribution is 9.10. The summed E-state index contributed by atoms with van der Waals surface area (Å²) in [5.41, 5.74) is 1.14. The molecule has 16 heavy (non-hydrogen) atoms. The number of rotatable bonds is 3. The quantitative estimate of drug-likeness (QED) is 0.850. The fourth-order valence-corrected chi connectivity index (χ4v) is 2.70. The van der Waals surface area contributed by atoms with Gasteiger partial charge < -0.3 is 4.74 Å². The van der Waals surface area contributed by atoms with E-state index < -0.39 is 0 Å². The SMILES string of the molecule is Brc1csc(-c2ccc(OC3CC3)cc2)n1. The summed E-state index contributed by atoms with van der Waals surface area (Å²) in [5, 5.41) is 3.02. The monoisotopic (exact) mass is 295 g/mol. The van der Waals surface area contributed by atoms with Gasteiger partial charge in [0.2, 0.25) is 0 Å². The second-order valence-corrected chi connectivity index (χ2v) is 5.49. The zero-order valence-corrected chi connectivity index (χ0v) is 10.9. The molecule has 0 radical (unpaired) electrons. The van der Waals surface area contributed by atoms with Gasteiger partial charge in [-0.1, -0.05) is 0 Å². The predicted molar refractivity (Wildman–Crippen MR) is 68.9 cm³/mol. The van der Waals surface area contributed by atoms with E-state index in [4.69, 9.17) is 4.74 Å². The van der Waals surface area contributed by atoms with E-state index in [0.717, 1.165) is 20.9 Å². The number of thiazole rings is 1. The van der Waals surface area contributed by atoms with E-state index in [1.54, 1.807) is 11.3 Å². The van der Waals surface area contributed by atoms with Crippen LogP contribution in [0.5, 0.6) is 5.75 Å². The van der Waals surface area contributed by atoms with Gasteiger partial charge in [0.1, 0.15) is 15.4 Å². The van der Waals surface area contributed by atoms with Gasteiger partial charge in [0, 0.05) is 10.9 Å². The highest BCUT2D eigenvalue weighted by Gasteiger charge is 2.23. The second-order valence-electron chi connectivity index (χ2n) is 3.82. The molecule has 0 amide bonds. The number of hydrogen-bond acceptors (Lipinski definition) is 3. The van der Waals surface area contributed by atoms with Gasteiger partial charge in [-0.05, 0) is 53.0 Å². The lowest BCUT2D eigenvalue weighted by Crippen LogP contribution is -1.94. The Hall–Kier alpha value is -0.870. The first-order valence-electron chi connectivity index (χ1n) is 5.19. The molecule has 0 unspecified atom stereocenters. The van der Waals surface area contributed by atoms with Gasteiger partial charge in [0.15, 0.2) is 0 Å². The first-order chi connectivity index (χ1) is 7.81. The van der Waals surface area contributed by atoms with Crippen LogP contribution in [0.3, 0.4) is 0 Å². The van der Waals surface area contributed by atoms with E-state index in [0.29, 0.717) is 6.10 Å². The summed E-state index contributed by atoms with van der Waals surface area (Å²) in [6, 6.07) is 8.15. The first-order valence-corrected chi connectivity index (χ1v) is 6.87. The molecule has 4 heteroatoms. The first kappa shape index (κ1) is 10.3. The Balaban J connectivity index is 1.80. The Kier molecular flexibility index (Phi) is 2.69. The summed E-state index contributed by atoms with van der Waals surface area (Å²) in [5.74, 6) is 0.960. The normalized spacial score (nSPS) is 15.1. The van der Waals surface area contributed by atoms with Gasteiger partial charge in [-0.2, -0.15) is 0 Å². The Labute approximate surface area is 106 Å². The van der Waals surface area contributed by atoms with Gasteiger partial charge in [-0.15, -0.1) is 11.3 Å². The molecule has 1 aromatic heterocycles. The van der Waals surface area contributed by atoms with Crippen molar-refractivity contribution in [1.29, 1.82) is 0 Å². The zero-order valence-electron chi connectivity index (χ0n) is 8.52. The van der Waals surface area contributed by atoms with E-state index in [-0.39, 0.29) is 0 Å². The van der Waals surface area contributed by atoms with Crippen molar-refractivity contribution < 1.29 is 4.74 Å². The predicted octanol–water partition coefficient (Wildman–Crippen LogP) is 4.11. The minimum Gasteiger partial charge on any atom is -0.490 e. The Morgan fingerprint density at radius 1 is 1.25 bits per heavy atom. The van der Waals surface area contributed by atoms with Crippen LogP contribution >= 0.6 is 27.3 Å². The molecule has 1 aromatic carbocycles. The molecular formula is C12H10BrNOS. The van der Waals surface area contributed by atoms with Crippen LogP contribution in [0.25, 0.3) is 10.6 Å². The lowest BCUT2D eigenvalue weighted by molar-refractivity contribution is 0.303. The zero-order chi connectivity index (χ0) is 11.0. The van der Waals surface area contributed by atoms with Crippen molar-refractivity contribution in [2.24, 2.45) is 0 Å². The fourth-order valence-electron chi connectivity index (χ4n) is 1.44. The second kappa shape index (κ2) is 4.18. The number of ether oxygens (including phenoxy) is 1. The smallest absolute Gasteiger partial charge is 0.124 e. The molecule has 0 bridgehead atoms. The van der Waals surface area contributed by atoms with Crippen molar-refractivity contribution in [2.45, 2.75) is 18.9 Å². The molecule has 82 valence electrons. The molecule has 1 saturated carbocycles. The van der Waals surface area contributed by atoms with Crippen molar-refractivity contribution >= 4 is 27.3 Å². The largest absolute Gasteiger partial charge is 0.490 e. The van der Waals surface area contributed by atoms with Crippen LogP contribution < -0.4 is 4.74 Å². The Morgan fingerprint density at radius 3 is 2.56 bits per heavy atom. The summed E-state index contributed by atoms with van der Waals surface area (Å²) in [6.07, 6.45) is 2.85. The minimum atomic E-state index is 0.458. The highest BCUT2D eigenvalue weighted by atomic mass is 79.9. The van der Waals surface area contributed by atoms with E-state index in [1.807, 2.05) is 17.5 Å². The van der Waals surface area contributed by atoms with Gasteiger partial charge >= 0.3 is 0 Å². The molecule has 1 fully saturated rings. The van der Waals surface area contributed by atoms with E-state index >= 15 is 0 Å². The Bertz CT molecular complexity index is 490. The maximum atomic E-state index is 5.70. The fraction of sp³-hybridized carbons (Fsp3) is 0.250. The van der Waals surface area contributed by atoms with Crippen LogP contribution in [0, 0.1) is 0 Å². The maximum absolute atomic E-state index is 5.70. The average molecular weight is 296 g/mol. The summed E-state index contributed by atoms with van der Waals surface area (Å²) < 4.78 is 6.59. The summed E-state index contributed by atoms with van der Waals surface area (Å²) in [7, 11) is 0. The number of hydrogen-bond donors (Lipinski definition) is 0. The molecule has 3 rings (SSSR count). The third kappa shape index (κ3) is 2.28.